The SMILES string of the molecule is O=C1CCCN1c1ccccc1NS(=O)(=O)c1cccc(C(F)(F)F)c1. The second-order valence-electron chi connectivity index (χ2n) is 5.80. The van der Waals surface area contributed by atoms with Crippen LogP contribution in [0.1, 0.15) is 18.4 Å². The normalized spacial score (nSPS) is 15.3. The molecule has 1 amide bonds. The lowest BCUT2D eigenvalue weighted by Gasteiger charge is -2.20. The van der Waals surface area contributed by atoms with Crippen LogP contribution in [0.2, 0.25) is 0 Å². The number of amides is 1. The van der Waals surface area contributed by atoms with Crippen LogP contribution in [-0.4, -0.2) is 20.9 Å². The fourth-order valence-corrected chi connectivity index (χ4v) is 3.86. The van der Waals surface area contributed by atoms with E-state index in [1.54, 1.807) is 18.2 Å². The Morgan fingerprint density at radius 2 is 1.77 bits per heavy atom. The molecule has 5 nitrogen and oxygen atoms in total. The molecule has 138 valence electrons. The van der Waals surface area contributed by atoms with Crippen molar-refractivity contribution >= 4 is 27.3 Å². The van der Waals surface area contributed by atoms with Gasteiger partial charge >= 0.3 is 6.18 Å². The molecule has 1 heterocycles. The van der Waals surface area contributed by atoms with Crippen molar-refractivity contribution in [3.05, 3.63) is 54.1 Å². The molecule has 1 aliphatic rings. The predicted octanol–water partition coefficient (Wildman–Crippen LogP) is 3.63. The van der Waals surface area contributed by atoms with Crippen LogP contribution in [0.25, 0.3) is 0 Å². The van der Waals surface area contributed by atoms with Crippen LogP contribution in [0.5, 0.6) is 0 Å². The molecule has 1 aliphatic heterocycles. The molecule has 0 saturated carbocycles. The Morgan fingerprint density at radius 3 is 2.42 bits per heavy atom. The first-order chi connectivity index (χ1) is 12.2. The van der Waals surface area contributed by atoms with Gasteiger partial charge in [0.15, 0.2) is 0 Å². The maximum absolute atomic E-state index is 12.8. The molecule has 26 heavy (non-hydrogen) atoms. The minimum absolute atomic E-state index is 0.129. The van der Waals surface area contributed by atoms with E-state index in [2.05, 4.69) is 4.72 Å². The minimum atomic E-state index is -4.65. The van der Waals surface area contributed by atoms with Crippen molar-refractivity contribution < 1.29 is 26.4 Å². The highest BCUT2D eigenvalue weighted by molar-refractivity contribution is 7.92. The predicted molar refractivity (Wildman–Crippen MR) is 90.3 cm³/mol. The van der Waals surface area contributed by atoms with Crippen molar-refractivity contribution in [2.75, 3.05) is 16.2 Å². The zero-order valence-corrected chi connectivity index (χ0v) is 14.3. The minimum Gasteiger partial charge on any atom is -0.310 e. The Balaban J connectivity index is 1.95. The number of hydrogen-bond acceptors (Lipinski definition) is 3. The van der Waals surface area contributed by atoms with Crippen LogP contribution < -0.4 is 9.62 Å². The lowest BCUT2D eigenvalue weighted by molar-refractivity contribution is -0.137. The largest absolute Gasteiger partial charge is 0.416 e. The summed E-state index contributed by atoms with van der Waals surface area (Å²) < 4.78 is 65.9. The monoisotopic (exact) mass is 384 g/mol. The summed E-state index contributed by atoms with van der Waals surface area (Å²) in [5.41, 5.74) is -0.533. The van der Waals surface area contributed by atoms with Crippen molar-refractivity contribution in [2.45, 2.75) is 23.9 Å². The summed E-state index contributed by atoms with van der Waals surface area (Å²) in [7, 11) is -4.25. The van der Waals surface area contributed by atoms with Crippen LogP contribution in [0, 0.1) is 0 Å². The fourth-order valence-electron chi connectivity index (χ4n) is 2.74. The summed E-state index contributed by atoms with van der Waals surface area (Å²) in [6.45, 7) is 0.459. The first-order valence-corrected chi connectivity index (χ1v) is 9.26. The molecule has 9 heteroatoms. The lowest BCUT2D eigenvalue weighted by atomic mass is 10.2. The van der Waals surface area contributed by atoms with Crippen molar-refractivity contribution in [1.82, 2.24) is 0 Å². The first-order valence-electron chi connectivity index (χ1n) is 7.78. The van der Waals surface area contributed by atoms with Crippen LogP contribution >= 0.6 is 0 Å². The molecule has 2 aromatic carbocycles. The molecular formula is C17H15F3N2O3S. The molecular weight excluding hydrogens is 369 g/mol. The van der Waals surface area contributed by atoms with E-state index in [1.807, 2.05) is 0 Å². The van der Waals surface area contributed by atoms with Gasteiger partial charge in [0.2, 0.25) is 5.91 Å². The smallest absolute Gasteiger partial charge is 0.310 e. The quantitative estimate of drug-likeness (QED) is 0.875. The van der Waals surface area contributed by atoms with Gasteiger partial charge in [-0.25, -0.2) is 8.42 Å². The summed E-state index contributed by atoms with van der Waals surface area (Å²) in [5, 5.41) is 0. The van der Waals surface area contributed by atoms with Gasteiger partial charge in [-0.15, -0.1) is 0 Å². The number of rotatable bonds is 4. The van der Waals surface area contributed by atoms with E-state index in [4.69, 9.17) is 0 Å². The van der Waals surface area contributed by atoms with Crippen molar-refractivity contribution in [3.8, 4) is 0 Å². The molecule has 0 radical (unpaired) electrons. The van der Waals surface area contributed by atoms with E-state index in [1.165, 1.54) is 11.0 Å². The van der Waals surface area contributed by atoms with Gasteiger partial charge in [-0.05, 0) is 36.8 Å². The number of hydrogen-bond donors (Lipinski definition) is 1. The van der Waals surface area contributed by atoms with Gasteiger partial charge < -0.3 is 4.90 Å². The van der Waals surface area contributed by atoms with E-state index in [9.17, 15) is 26.4 Å². The first kappa shape index (κ1) is 18.2. The van der Waals surface area contributed by atoms with Crippen molar-refractivity contribution in [1.29, 1.82) is 0 Å². The Kier molecular flexibility index (Phi) is 4.66. The molecule has 0 bridgehead atoms. The second kappa shape index (κ2) is 6.64. The standard InChI is InChI=1S/C17H15F3N2O3S/c18-17(19,20)12-5-3-6-13(11-12)26(24,25)21-14-7-1-2-8-15(14)22-10-4-9-16(22)23/h1-3,5-8,11,21H,4,9-10H2. The number of para-hydroxylation sites is 2. The zero-order valence-electron chi connectivity index (χ0n) is 13.5. The van der Waals surface area contributed by atoms with Gasteiger partial charge in [-0.2, -0.15) is 13.2 Å². The van der Waals surface area contributed by atoms with Gasteiger partial charge in [0.25, 0.3) is 10.0 Å². The summed E-state index contributed by atoms with van der Waals surface area (Å²) in [4.78, 5) is 12.9. The van der Waals surface area contributed by atoms with Gasteiger partial charge in [-0.3, -0.25) is 9.52 Å². The van der Waals surface area contributed by atoms with Crippen LogP contribution in [-0.2, 0) is 21.0 Å². The molecule has 0 unspecified atom stereocenters. The summed E-state index contributed by atoms with van der Waals surface area (Å²) in [6.07, 6.45) is -3.62. The van der Waals surface area contributed by atoms with Gasteiger partial charge in [0.1, 0.15) is 0 Å². The summed E-state index contributed by atoms with van der Waals surface area (Å²) in [6, 6.07) is 9.78. The van der Waals surface area contributed by atoms with Crippen LogP contribution in [0.4, 0.5) is 24.5 Å². The third-order valence-corrected chi connectivity index (χ3v) is 5.35. The highest BCUT2D eigenvalue weighted by Crippen LogP contribution is 2.33. The summed E-state index contributed by atoms with van der Waals surface area (Å²) in [5.74, 6) is -0.129. The van der Waals surface area contributed by atoms with E-state index in [-0.39, 0.29) is 11.6 Å². The molecule has 2 aromatic rings. The topological polar surface area (TPSA) is 66.5 Å². The third kappa shape index (κ3) is 3.67. The number of anilines is 2. The van der Waals surface area contributed by atoms with E-state index < -0.39 is 26.7 Å². The molecule has 1 N–H and O–H groups in total. The van der Waals surface area contributed by atoms with E-state index in [0.717, 1.165) is 18.2 Å². The zero-order chi connectivity index (χ0) is 18.9. The maximum Gasteiger partial charge on any atom is 0.416 e. The fraction of sp³-hybridized carbons (Fsp3) is 0.235. The molecule has 1 fully saturated rings. The highest BCUT2D eigenvalue weighted by atomic mass is 32.2. The number of benzene rings is 2. The number of carbonyl (C=O) groups is 1. The Morgan fingerprint density at radius 1 is 1.04 bits per heavy atom. The lowest BCUT2D eigenvalue weighted by Crippen LogP contribution is -2.25. The number of sulfonamides is 1. The number of nitrogens with zero attached hydrogens (tertiary/aromatic N) is 1. The highest BCUT2D eigenvalue weighted by Gasteiger charge is 2.32. The second-order valence-corrected chi connectivity index (χ2v) is 7.48. The summed E-state index contributed by atoms with van der Waals surface area (Å²) >= 11 is 0. The average Bonchev–Trinajstić information content (AvgIpc) is 3.00. The Labute approximate surface area is 148 Å². The van der Waals surface area contributed by atoms with Crippen LogP contribution in [0.15, 0.2) is 53.4 Å². The molecule has 3 rings (SSSR count). The molecule has 0 aliphatic carbocycles. The Hall–Kier alpha value is -2.55. The number of carbonyl (C=O) groups excluding carboxylic acids is 1. The van der Waals surface area contributed by atoms with Crippen molar-refractivity contribution in [3.63, 3.8) is 0 Å². The molecule has 1 saturated heterocycles. The van der Waals surface area contributed by atoms with E-state index in [0.29, 0.717) is 31.1 Å². The van der Waals surface area contributed by atoms with Gasteiger partial charge in [-0.1, -0.05) is 18.2 Å². The number of halogens is 3. The maximum atomic E-state index is 12.8. The van der Waals surface area contributed by atoms with E-state index >= 15 is 0 Å². The van der Waals surface area contributed by atoms with Gasteiger partial charge in [0, 0.05) is 13.0 Å². The molecule has 0 aromatic heterocycles. The average molecular weight is 384 g/mol. The molecule has 0 atom stereocenters. The van der Waals surface area contributed by atoms with Gasteiger partial charge in [0.05, 0.1) is 21.8 Å². The van der Waals surface area contributed by atoms with Crippen LogP contribution in [0.3, 0.4) is 0 Å². The third-order valence-electron chi connectivity index (χ3n) is 3.98. The molecule has 0 spiro atoms. The number of alkyl halides is 3. The number of nitrogens with one attached hydrogen (secondary N) is 1. The Bertz CT molecular complexity index is 942. The van der Waals surface area contributed by atoms with Crippen molar-refractivity contribution in [2.24, 2.45) is 0 Å².